The van der Waals surface area contributed by atoms with E-state index in [1.165, 1.54) is 15.6 Å². The molecule has 0 saturated carbocycles. The maximum absolute atomic E-state index is 10.0. The van der Waals surface area contributed by atoms with E-state index in [9.17, 15) is 5.11 Å². The topological polar surface area (TPSA) is 33.1 Å². The zero-order valence-corrected chi connectivity index (χ0v) is 11.9. The molecule has 1 aromatic heterocycles. The molecule has 2 aromatic carbocycles. The smallest absolute Gasteiger partial charge is 0.124 e. The van der Waals surface area contributed by atoms with Crippen LogP contribution in [0, 0.1) is 0 Å². The highest BCUT2D eigenvalue weighted by molar-refractivity contribution is 7.15. The van der Waals surface area contributed by atoms with Gasteiger partial charge in [0.2, 0.25) is 0 Å². The van der Waals surface area contributed by atoms with Crippen molar-refractivity contribution in [2.45, 2.75) is 25.4 Å². The Morgan fingerprint density at radius 1 is 1.10 bits per heavy atom. The Labute approximate surface area is 121 Å². The monoisotopic (exact) mass is 281 g/mol. The van der Waals surface area contributed by atoms with E-state index in [-0.39, 0.29) is 6.10 Å². The third kappa shape index (κ3) is 1.94. The Morgan fingerprint density at radius 3 is 2.80 bits per heavy atom. The number of thiazole rings is 1. The molecule has 0 saturated heterocycles. The Morgan fingerprint density at radius 2 is 1.95 bits per heavy atom. The molecule has 3 aromatic rings. The van der Waals surface area contributed by atoms with Crippen LogP contribution >= 0.6 is 11.3 Å². The molecule has 1 N–H and O–H groups in total. The molecule has 0 spiro atoms. The summed E-state index contributed by atoms with van der Waals surface area (Å²) in [5.41, 5.74) is 2.06. The van der Waals surface area contributed by atoms with E-state index < -0.39 is 0 Å². The lowest BCUT2D eigenvalue weighted by atomic mass is 10.0. The molecule has 0 radical (unpaired) electrons. The van der Waals surface area contributed by atoms with Crippen molar-refractivity contribution in [3.05, 3.63) is 53.0 Å². The van der Waals surface area contributed by atoms with Gasteiger partial charge in [-0.15, -0.1) is 11.3 Å². The van der Waals surface area contributed by atoms with Gasteiger partial charge in [0.25, 0.3) is 0 Å². The third-order valence-electron chi connectivity index (χ3n) is 3.92. The van der Waals surface area contributed by atoms with Gasteiger partial charge in [0.15, 0.2) is 0 Å². The van der Waals surface area contributed by atoms with E-state index in [0.717, 1.165) is 35.5 Å². The first-order chi connectivity index (χ1) is 9.81. The Kier molecular flexibility index (Phi) is 2.83. The summed E-state index contributed by atoms with van der Waals surface area (Å²) in [6.45, 7) is 0. The Bertz CT molecular complexity index is 778. The molecule has 20 heavy (non-hydrogen) atoms. The summed E-state index contributed by atoms with van der Waals surface area (Å²) in [5.74, 6) is 0. The summed E-state index contributed by atoms with van der Waals surface area (Å²) in [4.78, 5) is 5.93. The van der Waals surface area contributed by atoms with E-state index in [2.05, 4.69) is 47.4 Å². The highest BCUT2D eigenvalue weighted by atomic mass is 32.1. The SMILES string of the molecule is OC1CCCc2sc(-c3ccc4ccccc4c3)nc21. The molecule has 1 heterocycles. The van der Waals surface area contributed by atoms with Gasteiger partial charge < -0.3 is 5.11 Å². The predicted molar refractivity (Wildman–Crippen MR) is 83.0 cm³/mol. The van der Waals surface area contributed by atoms with Gasteiger partial charge in [-0.05, 0) is 36.1 Å². The molecule has 1 aliphatic rings. The lowest BCUT2D eigenvalue weighted by Gasteiger charge is -2.14. The number of hydrogen-bond donors (Lipinski definition) is 1. The second kappa shape index (κ2) is 4.69. The number of aliphatic hydroxyl groups excluding tert-OH is 1. The summed E-state index contributed by atoms with van der Waals surface area (Å²) in [6, 6.07) is 14.8. The largest absolute Gasteiger partial charge is 0.387 e. The van der Waals surface area contributed by atoms with Crippen molar-refractivity contribution in [2.75, 3.05) is 0 Å². The number of nitrogens with zero attached hydrogens (tertiary/aromatic N) is 1. The van der Waals surface area contributed by atoms with Gasteiger partial charge in [-0.3, -0.25) is 0 Å². The van der Waals surface area contributed by atoms with Crippen LogP contribution in [-0.2, 0) is 6.42 Å². The molecule has 1 atom stereocenters. The normalized spacial score (nSPS) is 18.1. The molecule has 1 aliphatic carbocycles. The summed E-state index contributed by atoms with van der Waals surface area (Å²) in [7, 11) is 0. The highest BCUT2D eigenvalue weighted by Gasteiger charge is 2.23. The van der Waals surface area contributed by atoms with Gasteiger partial charge in [0, 0.05) is 10.4 Å². The molecule has 0 aliphatic heterocycles. The van der Waals surface area contributed by atoms with Crippen molar-refractivity contribution in [3.8, 4) is 10.6 Å². The third-order valence-corrected chi connectivity index (χ3v) is 5.10. The van der Waals surface area contributed by atoms with Crippen molar-refractivity contribution in [3.63, 3.8) is 0 Å². The van der Waals surface area contributed by atoms with Crippen molar-refractivity contribution >= 4 is 22.1 Å². The highest BCUT2D eigenvalue weighted by Crippen LogP contribution is 2.37. The number of rotatable bonds is 1. The first kappa shape index (κ1) is 12.1. The summed E-state index contributed by atoms with van der Waals surface area (Å²) in [6.07, 6.45) is 2.59. The van der Waals surface area contributed by atoms with Crippen LogP contribution in [0.3, 0.4) is 0 Å². The number of hydrogen-bond acceptors (Lipinski definition) is 3. The van der Waals surface area contributed by atoms with Gasteiger partial charge in [0.05, 0.1) is 11.8 Å². The van der Waals surface area contributed by atoms with E-state index in [4.69, 9.17) is 0 Å². The molecule has 0 bridgehead atoms. The lowest BCUT2D eigenvalue weighted by Crippen LogP contribution is -2.07. The van der Waals surface area contributed by atoms with Gasteiger partial charge in [-0.25, -0.2) is 4.98 Å². The first-order valence-corrected chi connectivity index (χ1v) is 7.80. The molecular weight excluding hydrogens is 266 g/mol. The fourth-order valence-corrected chi connectivity index (χ4v) is 4.00. The summed E-state index contributed by atoms with van der Waals surface area (Å²) >= 11 is 1.73. The van der Waals surface area contributed by atoms with Gasteiger partial charge in [-0.2, -0.15) is 0 Å². The van der Waals surface area contributed by atoms with Crippen molar-refractivity contribution < 1.29 is 5.11 Å². The zero-order chi connectivity index (χ0) is 13.5. The number of aromatic nitrogens is 1. The van der Waals surface area contributed by atoms with Crippen LogP contribution in [0.5, 0.6) is 0 Å². The van der Waals surface area contributed by atoms with E-state index >= 15 is 0 Å². The molecule has 2 nitrogen and oxygen atoms in total. The molecule has 0 fully saturated rings. The zero-order valence-electron chi connectivity index (χ0n) is 11.0. The quantitative estimate of drug-likeness (QED) is 0.720. The molecule has 0 amide bonds. The summed E-state index contributed by atoms with van der Waals surface area (Å²) < 4.78 is 0. The van der Waals surface area contributed by atoms with Crippen LogP contribution in [0.1, 0.15) is 29.5 Å². The first-order valence-electron chi connectivity index (χ1n) is 6.98. The van der Waals surface area contributed by atoms with E-state index in [1.54, 1.807) is 11.3 Å². The van der Waals surface area contributed by atoms with Crippen LogP contribution in [0.2, 0.25) is 0 Å². The lowest BCUT2D eigenvalue weighted by molar-refractivity contribution is 0.153. The molecule has 1 unspecified atom stereocenters. The number of aryl methyl sites for hydroxylation is 1. The van der Waals surface area contributed by atoms with Crippen molar-refractivity contribution in [1.29, 1.82) is 0 Å². The Hall–Kier alpha value is -1.71. The van der Waals surface area contributed by atoms with Crippen LogP contribution < -0.4 is 0 Å². The minimum absolute atomic E-state index is 0.371. The molecule has 3 heteroatoms. The average molecular weight is 281 g/mol. The van der Waals surface area contributed by atoms with Gasteiger partial charge in [-0.1, -0.05) is 36.4 Å². The molecule has 100 valence electrons. The second-order valence-corrected chi connectivity index (χ2v) is 6.38. The maximum Gasteiger partial charge on any atom is 0.124 e. The van der Waals surface area contributed by atoms with Crippen molar-refractivity contribution in [2.24, 2.45) is 0 Å². The summed E-state index contributed by atoms with van der Waals surface area (Å²) in [5, 5.41) is 13.5. The standard InChI is InChI=1S/C17H15NOS/c19-14-6-3-7-15-16(14)18-17(20-15)13-9-8-11-4-1-2-5-12(11)10-13/h1-2,4-5,8-10,14,19H,3,6-7H2. The maximum atomic E-state index is 10.0. The minimum atomic E-state index is -0.371. The Balaban J connectivity index is 1.83. The molecular formula is C17H15NOS. The van der Waals surface area contributed by atoms with Crippen LogP contribution in [0.25, 0.3) is 21.3 Å². The average Bonchev–Trinajstić information content (AvgIpc) is 2.92. The van der Waals surface area contributed by atoms with Crippen LogP contribution in [0.15, 0.2) is 42.5 Å². The number of fused-ring (bicyclic) bond motifs is 2. The predicted octanol–water partition coefficient (Wildman–Crippen LogP) is 4.33. The molecule has 4 rings (SSSR count). The van der Waals surface area contributed by atoms with Crippen LogP contribution in [-0.4, -0.2) is 10.1 Å². The number of benzene rings is 2. The van der Waals surface area contributed by atoms with Gasteiger partial charge >= 0.3 is 0 Å². The fraction of sp³-hybridized carbons (Fsp3) is 0.235. The second-order valence-electron chi connectivity index (χ2n) is 5.30. The van der Waals surface area contributed by atoms with Gasteiger partial charge in [0.1, 0.15) is 5.01 Å². The fourth-order valence-electron chi connectivity index (χ4n) is 2.84. The minimum Gasteiger partial charge on any atom is -0.387 e. The van der Waals surface area contributed by atoms with E-state index in [1.807, 2.05) is 0 Å². The van der Waals surface area contributed by atoms with Crippen molar-refractivity contribution in [1.82, 2.24) is 4.98 Å². The number of aliphatic hydroxyl groups is 1. The van der Waals surface area contributed by atoms with Crippen LogP contribution in [0.4, 0.5) is 0 Å². The van der Waals surface area contributed by atoms with E-state index in [0.29, 0.717) is 0 Å².